The SMILES string of the molecule is N#Cc1cc(N)cc(Cl)n1. The fourth-order valence-corrected chi connectivity index (χ4v) is 0.791. The number of nitrogens with zero attached hydrogens (tertiary/aromatic N) is 2. The molecule has 0 aliphatic heterocycles. The van der Waals surface area contributed by atoms with Gasteiger partial charge in [-0.1, -0.05) is 11.6 Å². The molecule has 0 bridgehead atoms. The Balaban J connectivity index is 3.22. The molecule has 0 aliphatic carbocycles. The fourth-order valence-electron chi connectivity index (χ4n) is 0.574. The maximum absolute atomic E-state index is 8.36. The highest BCUT2D eigenvalue weighted by Gasteiger charge is 1.95. The lowest BCUT2D eigenvalue weighted by Gasteiger charge is -1.92. The van der Waals surface area contributed by atoms with E-state index < -0.39 is 0 Å². The van der Waals surface area contributed by atoms with E-state index in [2.05, 4.69) is 4.98 Å². The van der Waals surface area contributed by atoms with Crippen LogP contribution in [0.15, 0.2) is 12.1 Å². The van der Waals surface area contributed by atoms with Crippen molar-refractivity contribution in [2.45, 2.75) is 0 Å². The molecule has 3 nitrogen and oxygen atoms in total. The zero-order chi connectivity index (χ0) is 7.56. The molecule has 0 radical (unpaired) electrons. The molecule has 4 heteroatoms. The summed E-state index contributed by atoms with van der Waals surface area (Å²) in [6.45, 7) is 0. The van der Waals surface area contributed by atoms with E-state index in [1.165, 1.54) is 12.1 Å². The smallest absolute Gasteiger partial charge is 0.144 e. The average molecular weight is 154 g/mol. The van der Waals surface area contributed by atoms with Crippen LogP contribution in [-0.4, -0.2) is 4.98 Å². The van der Waals surface area contributed by atoms with Crippen molar-refractivity contribution in [3.8, 4) is 6.07 Å². The minimum absolute atomic E-state index is 0.241. The summed E-state index contributed by atoms with van der Waals surface area (Å²) in [5.74, 6) is 0. The Morgan fingerprint density at radius 2 is 2.30 bits per heavy atom. The number of nitrogen functional groups attached to an aromatic ring is 1. The number of halogens is 1. The number of hydrogen-bond donors (Lipinski definition) is 1. The third-order valence-corrected chi connectivity index (χ3v) is 1.12. The minimum Gasteiger partial charge on any atom is -0.399 e. The summed E-state index contributed by atoms with van der Waals surface area (Å²) < 4.78 is 0. The lowest BCUT2D eigenvalue weighted by atomic mass is 10.3. The second kappa shape index (κ2) is 2.54. The van der Waals surface area contributed by atoms with Crippen molar-refractivity contribution in [3.05, 3.63) is 23.0 Å². The van der Waals surface area contributed by atoms with Crippen LogP contribution >= 0.6 is 11.6 Å². The molecule has 0 aromatic carbocycles. The minimum atomic E-state index is 0.241. The van der Waals surface area contributed by atoms with Gasteiger partial charge in [0.05, 0.1) is 0 Å². The summed E-state index contributed by atoms with van der Waals surface area (Å²) in [6, 6.07) is 4.79. The van der Waals surface area contributed by atoms with Gasteiger partial charge in [0.25, 0.3) is 0 Å². The Labute approximate surface area is 63.1 Å². The number of anilines is 1. The van der Waals surface area contributed by atoms with Gasteiger partial charge >= 0.3 is 0 Å². The van der Waals surface area contributed by atoms with Crippen molar-refractivity contribution in [1.82, 2.24) is 4.98 Å². The maximum Gasteiger partial charge on any atom is 0.144 e. The van der Waals surface area contributed by atoms with Crippen LogP contribution < -0.4 is 5.73 Å². The standard InChI is InChI=1S/C6H4ClN3/c7-6-2-4(9)1-5(3-8)10-6/h1-2H,(H2,9,10). The highest BCUT2D eigenvalue weighted by molar-refractivity contribution is 6.29. The Morgan fingerprint density at radius 3 is 2.80 bits per heavy atom. The van der Waals surface area contributed by atoms with Crippen molar-refractivity contribution >= 4 is 17.3 Å². The van der Waals surface area contributed by atoms with Crippen LogP contribution in [-0.2, 0) is 0 Å². The summed E-state index contributed by atoms with van der Waals surface area (Å²) in [6.07, 6.45) is 0. The van der Waals surface area contributed by atoms with Crippen LogP contribution in [0.5, 0.6) is 0 Å². The molecule has 0 amide bonds. The molecule has 0 saturated carbocycles. The lowest BCUT2D eigenvalue weighted by Crippen LogP contribution is -1.89. The molecule has 0 spiro atoms. The molecule has 1 aromatic heterocycles. The van der Waals surface area contributed by atoms with Gasteiger partial charge in [-0.25, -0.2) is 4.98 Å². The number of aromatic nitrogens is 1. The Hall–Kier alpha value is -1.27. The number of hydrogen-bond acceptors (Lipinski definition) is 3. The van der Waals surface area contributed by atoms with Crippen molar-refractivity contribution in [2.24, 2.45) is 0 Å². The molecule has 50 valence electrons. The van der Waals surface area contributed by atoms with Crippen LogP contribution in [0.1, 0.15) is 5.69 Å². The van der Waals surface area contributed by atoms with Crippen molar-refractivity contribution in [3.63, 3.8) is 0 Å². The maximum atomic E-state index is 8.36. The second-order valence-corrected chi connectivity index (χ2v) is 2.11. The molecule has 1 heterocycles. The summed E-state index contributed by atoms with van der Waals surface area (Å²) in [5.41, 5.74) is 6.06. The first-order valence-electron chi connectivity index (χ1n) is 2.55. The first-order valence-corrected chi connectivity index (χ1v) is 2.93. The number of rotatable bonds is 0. The van der Waals surface area contributed by atoms with Crippen LogP contribution in [0.4, 0.5) is 5.69 Å². The molecule has 0 aliphatic rings. The molecule has 0 unspecified atom stereocenters. The molecule has 0 saturated heterocycles. The first kappa shape index (κ1) is 6.84. The largest absolute Gasteiger partial charge is 0.399 e. The molecule has 2 N–H and O–H groups in total. The molecule has 0 atom stereocenters. The van der Waals surface area contributed by atoms with E-state index >= 15 is 0 Å². The van der Waals surface area contributed by atoms with Gasteiger partial charge in [0.1, 0.15) is 16.9 Å². The Morgan fingerprint density at radius 1 is 1.60 bits per heavy atom. The second-order valence-electron chi connectivity index (χ2n) is 1.72. The van der Waals surface area contributed by atoms with E-state index in [1.807, 2.05) is 6.07 Å². The van der Waals surface area contributed by atoms with E-state index in [-0.39, 0.29) is 10.8 Å². The predicted molar refractivity (Wildman–Crippen MR) is 38.4 cm³/mol. The fraction of sp³-hybridized carbons (Fsp3) is 0. The Kier molecular flexibility index (Phi) is 1.74. The van der Waals surface area contributed by atoms with Gasteiger partial charge in [0.15, 0.2) is 0 Å². The first-order chi connectivity index (χ1) is 4.72. The van der Waals surface area contributed by atoms with Crippen molar-refractivity contribution in [1.29, 1.82) is 5.26 Å². The molecule has 1 aromatic rings. The van der Waals surface area contributed by atoms with Crippen molar-refractivity contribution < 1.29 is 0 Å². The highest BCUT2D eigenvalue weighted by atomic mass is 35.5. The van der Waals surface area contributed by atoms with Gasteiger partial charge in [0, 0.05) is 5.69 Å². The Bertz CT molecular complexity index is 269. The monoisotopic (exact) mass is 153 g/mol. The third-order valence-electron chi connectivity index (χ3n) is 0.931. The molecular formula is C6H4ClN3. The number of nitrogens with two attached hydrogens (primary N) is 1. The van der Waals surface area contributed by atoms with Crippen LogP contribution in [0, 0.1) is 11.3 Å². The highest BCUT2D eigenvalue weighted by Crippen LogP contribution is 2.10. The van der Waals surface area contributed by atoms with E-state index in [9.17, 15) is 0 Å². The zero-order valence-electron chi connectivity index (χ0n) is 5.00. The van der Waals surface area contributed by atoms with E-state index in [0.29, 0.717) is 5.69 Å². The van der Waals surface area contributed by atoms with Crippen LogP contribution in [0.3, 0.4) is 0 Å². The topological polar surface area (TPSA) is 62.7 Å². The molecule has 10 heavy (non-hydrogen) atoms. The zero-order valence-corrected chi connectivity index (χ0v) is 5.76. The van der Waals surface area contributed by atoms with E-state index in [4.69, 9.17) is 22.6 Å². The molecule has 1 rings (SSSR count). The van der Waals surface area contributed by atoms with Crippen LogP contribution in [0.2, 0.25) is 5.15 Å². The van der Waals surface area contributed by atoms with Gasteiger partial charge in [-0.05, 0) is 12.1 Å². The normalized spacial score (nSPS) is 8.80. The summed E-state index contributed by atoms with van der Waals surface area (Å²) in [4.78, 5) is 3.68. The molecular weight excluding hydrogens is 150 g/mol. The summed E-state index contributed by atoms with van der Waals surface area (Å²) in [7, 11) is 0. The van der Waals surface area contributed by atoms with Gasteiger partial charge < -0.3 is 5.73 Å². The summed E-state index contributed by atoms with van der Waals surface area (Å²) >= 11 is 5.49. The average Bonchev–Trinajstić information content (AvgIpc) is 1.85. The third kappa shape index (κ3) is 1.36. The molecule has 0 fully saturated rings. The van der Waals surface area contributed by atoms with E-state index in [1.54, 1.807) is 0 Å². The van der Waals surface area contributed by atoms with Crippen molar-refractivity contribution in [2.75, 3.05) is 5.73 Å². The summed E-state index contributed by atoms with van der Waals surface area (Å²) in [5, 5.41) is 8.61. The van der Waals surface area contributed by atoms with E-state index in [0.717, 1.165) is 0 Å². The van der Waals surface area contributed by atoms with Gasteiger partial charge in [-0.15, -0.1) is 0 Å². The number of pyridine rings is 1. The quantitative estimate of drug-likeness (QED) is 0.570. The predicted octanol–water partition coefficient (Wildman–Crippen LogP) is 1.19. The van der Waals surface area contributed by atoms with Gasteiger partial charge in [-0.3, -0.25) is 0 Å². The lowest BCUT2D eigenvalue weighted by molar-refractivity contribution is 1.27. The number of nitriles is 1. The van der Waals surface area contributed by atoms with Gasteiger partial charge in [0.2, 0.25) is 0 Å². The van der Waals surface area contributed by atoms with Crippen LogP contribution in [0.25, 0.3) is 0 Å². The van der Waals surface area contributed by atoms with Gasteiger partial charge in [-0.2, -0.15) is 5.26 Å².